The quantitative estimate of drug-likeness (QED) is 0.894. The number of rotatable bonds is 4. The third-order valence-corrected chi connectivity index (χ3v) is 5.62. The van der Waals surface area contributed by atoms with Crippen LogP contribution in [0.15, 0.2) is 48.5 Å². The van der Waals surface area contributed by atoms with E-state index >= 15 is 0 Å². The number of benzene rings is 2. The second-order valence-electron chi connectivity index (χ2n) is 7.02. The number of fused-ring (bicyclic) bond motifs is 3. The lowest BCUT2D eigenvalue weighted by Crippen LogP contribution is -2.47. The Kier molecular flexibility index (Phi) is 4.19. The second kappa shape index (κ2) is 6.46. The van der Waals surface area contributed by atoms with Crippen LogP contribution in [0.25, 0.3) is 11.1 Å². The van der Waals surface area contributed by atoms with Crippen LogP contribution in [0.2, 0.25) is 0 Å². The van der Waals surface area contributed by atoms with Gasteiger partial charge in [0.2, 0.25) is 0 Å². The molecule has 2 aliphatic rings. The molecule has 0 bridgehead atoms. The van der Waals surface area contributed by atoms with Gasteiger partial charge in [0.15, 0.2) is 0 Å². The summed E-state index contributed by atoms with van der Waals surface area (Å²) in [7, 11) is 0. The molecule has 4 rings (SSSR count). The van der Waals surface area contributed by atoms with Gasteiger partial charge in [-0.05, 0) is 48.1 Å². The van der Waals surface area contributed by atoms with Gasteiger partial charge in [0, 0.05) is 18.0 Å². The van der Waals surface area contributed by atoms with Crippen LogP contribution in [0.4, 0.5) is 0 Å². The minimum Gasteiger partial charge on any atom is -0.326 e. The average molecular weight is 306 g/mol. The van der Waals surface area contributed by atoms with Crippen molar-refractivity contribution in [3.63, 3.8) is 0 Å². The molecule has 1 saturated carbocycles. The molecule has 0 radical (unpaired) electrons. The van der Waals surface area contributed by atoms with Crippen molar-refractivity contribution in [1.29, 1.82) is 0 Å². The molecule has 2 heteroatoms. The minimum atomic E-state index is 0.340. The Bertz CT molecular complexity index is 634. The summed E-state index contributed by atoms with van der Waals surface area (Å²) in [6.45, 7) is 1.05. The van der Waals surface area contributed by atoms with E-state index in [9.17, 15) is 0 Å². The fraction of sp³-hybridized carbons (Fsp3) is 0.429. The van der Waals surface area contributed by atoms with Gasteiger partial charge in [0.05, 0.1) is 0 Å². The molecule has 120 valence electrons. The van der Waals surface area contributed by atoms with Crippen molar-refractivity contribution in [2.75, 3.05) is 6.54 Å². The lowest BCUT2D eigenvalue weighted by Gasteiger charge is -2.30. The van der Waals surface area contributed by atoms with Gasteiger partial charge in [-0.25, -0.2) is 0 Å². The number of nitrogens with one attached hydrogen (secondary N) is 1. The highest BCUT2D eigenvalue weighted by atomic mass is 15.0. The van der Waals surface area contributed by atoms with E-state index in [1.165, 1.54) is 47.9 Å². The molecule has 0 unspecified atom stereocenters. The maximum Gasteiger partial charge on any atom is 0.0219 e. The van der Waals surface area contributed by atoms with E-state index in [1.807, 2.05) is 0 Å². The van der Waals surface area contributed by atoms with E-state index in [0.717, 1.165) is 13.0 Å². The van der Waals surface area contributed by atoms with Crippen molar-refractivity contribution in [3.8, 4) is 11.1 Å². The Balaban J connectivity index is 1.48. The van der Waals surface area contributed by atoms with Gasteiger partial charge in [-0.2, -0.15) is 0 Å². The molecular formula is C21H26N2. The molecule has 2 aromatic rings. The Labute approximate surface area is 139 Å². The van der Waals surface area contributed by atoms with Crippen LogP contribution in [0.1, 0.15) is 49.1 Å². The summed E-state index contributed by atoms with van der Waals surface area (Å²) >= 11 is 0. The predicted octanol–water partition coefficient (Wildman–Crippen LogP) is 4.05. The summed E-state index contributed by atoms with van der Waals surface area (Å²) in [4.78, 5) is 0. The van der Waals surface area contributed by atoms with E-state index in [-0.39, 0.29) is 0 Å². The van der Waals surface area contributed by atoms with Crippen LogP contribution in [0, 0.1) is 0 Å². The first-order chi connectivity index (χ1) is 11.3. The first-order valence-electron chi connectivity index (χ1n) is 9.02. The summed E-state index contributed by atoms with van der Waals surface area (Å²) in [5, 5.41) is 3.73. The first-order valence-corrected chi connectivity index (χ1v) is 9.02. The van der Waals surface area contributed by atoms with Gasteiger partial charge in [-0.1, -0.05) is 61.4 Å². The standard InChI is InChI=1S/C21H26N2/c22-20-11-5-6-12-21(20)23-14-13-19-17-9-3-1-7-15(17)16-8-2-4-10-18(16)19/h1-4,7-10,19-21,23H,5-6,11-14,22H2/t20-,21-/m1/s1. The highest BCUT2D eigenvalue weighted by Crippen LogP contribution is 2.45. The molecule has 0 heterocycles. The van der Waals surface area contributed by atoms with Crippen molar-refractivity contribution in [2.24, 2.45) is 5.73 Å². The summed E-state index contributed by atoms with van der Waals surface area (Å²) in [5.74, 6) is 0.523. The molecule has 23 heavy (non-hydrogen) atoms. The maximum atomic E-state index is 6.26. The van der Waals surface area contributed by atoms with Gasteiger partial charge in [0.25, 0.3) is 0 Å². The molecule has 0 aromatic heterocycles. The van der Waals surface area contributed by atoms with Crippen molar-refractivity contribution in [1.82, 2.24) is 5.32 Å². The normalized spacial score (nSPS) is 23.5. The number of hydrogen-bond donors (Lipinski definition) is 2. The van der Waals surface area contributed by atoms with E-state index in [4.69, 9.17) is 5.73 Å². The van der Waals surface area contributed by atoms with Crippen LogP contribution < -0.4 is 11.1 Å². The second-order valence-corrected chi connectivity index (χ2v) is 7.02. The molecule has 2 nitrogen and oxygen atoms in total. The van der Waals surface area contributed by atoms with Gasteiger partial charge in [-0.3, -0.25) is 0 Å². The summed E-state index contributed by atoms with van der Waals surface area (Å²) in [5.41, 5.74) is 12.1. The average Bonchev–Trinajstić information content (AvgIpc) is 2.91. The van der Waals surface area contributed by atoms with E-state index in [2.05, 4.69) is 53.8 Å². The summed E-state index contributed by atoms with van der Waals surface area (Å²) < 4.78 is 0. The van der Waals surface area contributed by atoms with Crippen LogP contribution >= 0.6 is 0 Å². The Hall–Kier alpha value is -1.64. The Morgan fingerprint density at radius 2 is 1.48 bits per heavy atom. The summed E-state index contributed by atoms with van der Waals surface area (Å²) in [6, 6.07) is 18.6. The Morgan fingerprint density at radius 1 is 0.870 bits per heavy atom. The smallest absolute Gasteiger partial charge is 0.0219 e. The fourth-order valence-electron chi connectivity index (χ4n) is 4.40. The van der Waals surface area contributed by atoms with Crippen LogP contribution in [-0.4, -0.2) is 18.6 Å². The molecule has 2 aromatic carbocycles. The molecule has 2 aliphatic carbocycles. The topological polar surface area (TPSA) is 38.0 Å². The fourth-order valence-corrected chi connectivity index (χ4v) is 4.40. The first kappa shape index (κ1) is 14.9. The lowest BCUT2D eigenvalue weighted by molar-refractivity contribution is 0.326. The zero-order chi connectivity index (χ0) is 15.6. The molecule has 0 amide bonds. The number of nitrogens with two attached hydrogens (primary N) is 1. The van der Waals surface area contributed by atoms with Gasteiger partial charge >= 0.3 is 0 Å². The molecule has 3 N–H and O–H groups in total. The molecule has 1 fully saturated rings. The zero-order valence-electron chi connectivity index (χ0n) is 13.7. The predicted molar refractivity (Wildman–Crippen MR) is 96.6 cm³/mol. The van der Waals surface area contributed by atoms with E-state index in [1.54, 1.807) is 0 Å². The van der Waals surface area contributed by atoms with Gasteiger partial charge in [0.1, 0.15) is 0 Å². The van der Waals surface area contributed by atoms with Crippen molar-refractivity contribution in [3.05, 3.63) is 59.7 Å². The largest absolute Gasteiger partial charge is 0.326 e. The zero-order valence-corrected chi connectivity index (χ0v) is 13.7. The summed E-state index contributed by atoms with van der Waals surface area (Å²) in [6.07, 6.45) is 6.17. The van der Waals surface area contributed by atoms with Crippen LogP contribution in [0.3, 0.4) is 0 Å². The molecule has 0 saturated heterocycles. The third-order valence-electron chi connectivity index (χ3n) is 5.62. The van der Waals surface area contributed by atoms with Crippen LogP contribution in [0.5, 0.6) is 0 Å². The molecule has 0 spiro atoms. The van der Waals surface area contributed by atoms with Crippen molar-refractivity contribution >= 4 is 0 Å². The minimum absolute atomic E-state index is 0.340. The van der Waals surface area contributed by atoms with Gasteiger partial charge < -0.3 is 11.1 Å². The van der Waals surface area contributed by atoms with Crippen LogP contribution in [-0.2, 0) is 0 Å². The third kappa shape index (κ3) is 2.82. The monoisotopic (exact) mass is 306 g/mol. The van der Waals surface area contributed by atoms with Crippen molar-refractivity contribution < 1.29 is 0 Å². The molecule has 2 atom stereocenters. The highest BCUT2D eigenvalue weighted by Gasteiger charge is 2.28. The van der Waals surface area contributed by atoms with Crippen molar-refractivity contribution in [2.45, 2.75) is 50.1 Å². The molecule has 0 aliphatic heterocycles. The number of hydrogen-bond acceptors (Lipinski definition) is 2. The van der Waals surface area contributed by atoms with E-state index < -0.39 is 0 Å². The molecular weight excluding hydrogens is 280 g/mol. The maximum absolute atomic E-state index is 6.26. The van der Waals surface area contributed by atoms with E-state index in [0.29, 0.717) is 18.0 Å². The lowest BCUT2D eigenvalue weighted by atomic mass is 9.90. The van der Waals surface area contributed by atoms with Gasteiger partial charge in [-0.15, -0.1) is 0 Å². The SMILES string of the molecule is N[C@@H]1CCCC[C@H]1NCCC1c2ccccc2-c2ccccc21. The highest BCUT2D eigenvalue weighted by molar-refractivity contribution is 5.78. The Morgan fingerprint density at radius 3 is 2.13 bits per heavy atom.